The highest BCUT2D eigenvalue weighted by atomic mass is 35.5. The number of hydrogen-bond donors (Lipinski definition) is 1. The lowest BCUT2D eigenvalue weighted by Gasteiger charge is -2.08. The van der Waals surface area contributed by atoms with Crippen molar-refractivity contribution in [2.75, 3.05) is 12.4 Å². The van der Waals surface area contributed by atoms with Gasteiger partial charge < -0.3 is 10.1 Å². The number of benzene rings is 1. The second-order valence-corrected chi connectivity index (χ2v) is 4.74. The summed E-state index contributed by atoms with van der Waals surface area (Å²) in [6.07, 6.45) is 0. The smallest absolute Gasteiger partial charge is 0.132 e. The molecule has 2 aromatic rings. The minimum Gasteiger partial charge on any atom is -0.497 e. The molecule has 0 aliphatic rings. The van der Waals surface area contributed by atoms with Crippen LogP contribution in [0.2, 0.25) is 5.02 Å². The van der Waals surface area contributed by atoms with Gasteiger partial charge in [-0.15, -0.1) is 0 Å². The van der Waals surface area contributed by atoms with Crippen LogP contribution in [0.1, 0.15) is 11.3 Å². The van der Waals surface area contributed by atoms with Crippen molar-refractivity contribution in [1.29, 1.82) is 5.26 Å². The third-order valence-corrected chi connectivity index (χ3v) is 3.58. The molecular weight excluding hydrogens is 270 g/mol. The Morgan fingerprint density at radius 3 is 2.94 bits per heavy atom. The van der Waals surface area contributed by atoms with Crippen LogP contribution in [0.3, 0.4) is 0 Å². The quantitative estimate of drug-likeness (QED) is 0.930. The number of nitrogens with one attached hydrogen (secondary N) is 1. The van der Waals surface area contributed by atoms with Crippen LogP contribution in [-0.4, -0.2) is 11.5 Å². The Balaban J connectivity index is 2.37. The number of hydrogen-bond acceptors (Lipinski definition) is 5. The third kappa shape index (κ3) is 2.40. The largest absolute Gasteiger partial charge is 0.497 e. The van der Waals surface area contributed by atoms with Crippen LogP contribution in [0.4, 0.5) is 10.7 Å². The molecule has 1 N–H and O–H groups in total. The molecule has 0 aliphatic heterocycles. The van der Waals surface area contributed by atoms with Gasteiger partial charge in [-0.3, -0.25) is 0 Å². The Hall–Kier alpha value is -1.77. The number of halogens is 1. The molecule has 0 fully saturated rings. The number of ether oxygens (including phenoxy) is 1. The highest BCUT2D eigenvalue weighted by molar-refractivity contribution is 7.10. The van der Waals surface area contributed by atoms with E-state index in [4.69, 9.17) is 21.6 Å². The summed E-state index contributed by atoms with van der Waals surface area (Å²) in [4.78, 5) is 0. The summed E-state index contributed by atoms with van der Waals surface area (Å²) in [6, 6.07) is 7.41. The second-order valence-electron chi connectivity index (χ2n) is 3.55. The first-order valence-corrected chi connectivity index (χ1v) is 6.27. The summed E-state index contributed by atoms with van der Waals surface area (Å²) in [5.74, 6) is 0.696. The molecule has 0 bridgehead atoms. The SMILES string of the molecule is COc1ccc(Cl)c(Nc2snc(C)c2C#N)c1. The predicted molar refractivity (Wildman–Crippen MR) is 72.9 cm³/mol. The topological polar surface area (TPSA) is 57.9 Å². The zero-order valence-electron chi connectivity index (χ0n) is 9.82. The molecule has 0 aliphatic carbocycles. The predicted octanol–water partition coefficient (Wildman–Crippen LogP) is 3.73. The van der Waals surface area contributed by atoms with Gasteiger partial charge in [-0.25, -0.2) is 0 Å². The van der Waals surface area contributed by atoms with Crippen molar-refractivity contribution in [3.05, 3.63) is 34.5 Å². The Labute approximate surface area is 114 Å². The zero-order chi connectivity index (χ0) is 13.1. The molecule has 1 aromatic heterocycles. The minimum absolute atomic E-state index is 0.541. The van der Waals surface area contributed by atoms with E-state index in [2.05, 4.69) is 15.8 Å². The lowest BCUT2D eigenvalue weighted by Crippen LogP contribution is -1.93. The molecule has 1 aromatic carbocycles. The van der Waals surface area contributed by atoms with Crippen molar-refractivity contribution in [3.63, 3.8) is 0 Å². The highest BCUT2D eigenvalue weighted by Gasteiger charge is 2.12. The number of nitriles is 1. The normalized spacial score (nSPS) is 9.89. The van der Waals surface area contributed by atoms with Gasteiger partial charge in [-0.1, -0.05) is 11.6 Å². The monoisotopic (exact) mass is 279 g/mol. The van der Waals surface area contributed by atoms with E-state index in [0.29, 0.717) is 32.7 Å². The van der Waals surface area contributed by atoms with Crippen LogP contribution < -0.4 is 10.1 Å². The first kappa shape index (κ1) is 12.7. The summed E-state index contributed by atoms with van der Waals surface area (Å²) < 4.78 is 9.27. The molecule has 0 saturated carbocycles. The lowest BCUT2D eigenvalue weighted by molar-refractivity contribution is 0.415. The zero-order valence-corrected chi connectivity index (χ0v) is 11.4. The first-order chi connectivity index (χ1) is 8.65. The van der Waals surface area contributed by atoms with Crippen molar-refractivity contribution < 1.29 is 4.74 Å². The Morgan fingerprint density at radius 2 is 2.28 bits per heavy atom. The standard InChI is InChI=1S/C12H10ClN3OS/c1-7-9(6-14)12(18-16-7)15-11-5-8(17-2)3-4-10(11)13/h3-5,15H,1-2H3. The fourth-order valence-corrected chi connectivity index (χ4v) is 2.36. The van der Waals surface area contributed by atoms with E-state index in [0.717, 1.165) is 0 Å². The molecule has 4 nitrogen and oxygen atoms in total. The van der Waals surface area contributed by atoms with E-state index in [9.17, 15) is 0 Å². The van der Waals surface area contributed by atoms with E-state index >= 15 is 0 Å². The van der Waals surface area contributed by atoms with Crippen LogP contribution in [0.25, 0.3) is 0 Å². The molecule has 0 radical (unpaired) electrons. The number of nitrogens with zero attached hydrogens (tertiary/aromatic N) is 2. The molecule has 18 heavy (non-hydrogen) atoms. The molecule has 92 valence electrons. The van der Waals surface area contributed by atoms with Gasteiger partial charge in [0, 0.05) is 6.07 Å². The molecule has 0 saturated heterocycles. The van der Waals surface area contributed by atoms with Gasteiger partial charge in [0.25, 0.3) is 0 Å². The van der Waals surface area contributed by atoms with E-state index in [1.165, 1.54) is 11.5 Å². The van der Waals surface area contributed by atoms with Crippen LogP contribution in [0.15, 0.2) is 18.2 Å². The van der Waals surface area contributed by atoms with Crippen LogP contribution in [0.5, 0.6) is 5.75 Å². The molecule has 2 rings (SSSR count). The molecule has 1 heterocycles. The summed E-state index contributed by atoms with van der Waals surface area (Å²) in [5, 5.41) is 13.4. The summed E-state index contributed by atoms with van der Waals surface area (Å²) in [5.41, 5.74) is 1.94. The van der Waals surface area contributed by atoms with Gasteiger partial charge in [-0.05, 0) is 30.6 Å². The maximum atomic E-state index is 9.06. The molecular formula is C12H10ClN3OS. The lowest BCUT2D eigenvalue weighted by atomic mass is 10.2. The fourth-order valence-electron chi connectivity index (χ4n) is 1.44. The van der Waals surface area contributed by atoms with Crippen molar-refractivity contribution >= 4 is 33.8 Å². The summed E-state index contributed by atoms with van der Waals surface area (Å²) in [7, 11) is 1.59. The molecule has 6 heteroatoms. The average Bonchev–Trinajstić information content (AvgIpc) is 2.72. The fraction of sp³-hybridized carbons (Fsp3) is 0.167. The Kier molecular flexibility index (Phi) is 3.70. The minimum atomic E-state index is 0.541. The average molecular weight is 280 g/mol. The van der Waals surface area contributed by atoms with Crippen LogP contribution >= 0.6 is 23.1 Å². The number of methoxy groups -OCH3 is 1. The van der Waals surface area contributed by atoms with E-state index in [-0.39, 0.29) is 0 Å². The number of aryl methyl sites for hydroxylation is 1. The van der Waals surface area contributed by atoms with E-state index in [1.54, 1.807) is 32.2 Å². The van der Waals surface area contributed by atoms with Gasteiger partial charge >= 0.3 is 0 Å². The van der Waals surface area contributed by atoms with Crippen molar-refractivity contribution in [1.82, 2.24) is 4.37 Å². The molecule has 0 spiro atoms. The maximum absolute atomic E-state index is 9.06. The van der Waals surface area contributed by atoms with Crippen molar-refractivity contribution in [3.8, 4) is 11.8 Å². The van der Waals surface area contributed by atoms with E-state index < -0.39 is 0 Å². The first-order valence-electron chi connectivity index (χ1n) is 5.12. The number of anilines is 2. The van der Waals surface area contributed by atoms with Gasteiger partial charge in [0.15, 0.2) is 0 Å². The van der Waals surface area contributed by atoms with Gasteiger partial charge in [0.05, 0.1) is 23.5 Å². The second kappa shape index (κ2) is 5.25. The Bertz CT molecular complexity index is 618. The van der Waals surface area contributed by atoms with Crippen molar-refractivity contribution in [2.45, 2.75) is 6.92 Å². The third-order valence-electron chi connectivity index (χ3n) is 2.40. The number of rotatable bonds is 3. The van der Waals surface area contributed by atoms with Gasteiger partial charge in [0.1, 0.15) is 22.4 Å². The molecule has 0 amide bonds. The Morgan fingerprint density at radius 1 is 1.50 bits per heavy atom. The van der Waals surface area contributed by atoms with Crippen molar-refractivity contribution in [2.24, 2.45) is 0 Å². The summed E-state index contributed by atoms with van der Waals surface area (Å²) >= 11 is 7.32. The molecule has 0 atom stereocenters. The van der Waals surface area contributed by atoms with E-state index in [1.807, 2.05) is 0 Å². The number of aromatic nitrogens is 1. The summed E-state index contributed by atoms with van der Waals surface area (Å²) in [6.45, 7) is 1.80. The van der Waals surface area contributed by atoms with Crippen LogP contribution in [0, 0.1) is 18.3 Å². The van der Waals surface area contributed by atoms with Gasteiger partial charge in [-0.2, -0.15) is 9.64 Å². The van der Waals surface area contributed by atoms with Gasteiger partial charge in [0.2, 0.25) is 0 Å². The molecule has 0 unspecified atom stereocenters. The van der Waals surface area contributed by atoms with Crippen LogP contribution in [-0.2, 0) is 0 Å². The maximum Gasteiger partial charge on any atom is 0.132 e. The highest BCUT2D eigenvalue weighted by Crippen LogP contribution is 2.33.